The summed E-state index contributed by atoms with van der Waals surface area (Å²) in [6.45, 7) is -0.663. The second-order valence-corrected chi connectivity index (χ2v) is 6.32. The predicted molar refractivity (Wildman–Crippen MR) is 108 cm³/mol. The highest BCUT2D eigenvalue weighted by Gasteiger charge is 2.20. The summed E-state index contributed by atoms with van der Waals surface area (Å²) in [5, 5.41) is 13.9. The lowest BCUT2D eigenvalue weighted by Crippen LogP contribution is -2.21. The number of carbonyl (C=O) groups is 2. The molecule has 1 N–H and O–H groups in total. The molecule has 0 fully saturated rings. The topological polar surface area (TPSA) is 121 Å². The molecule has 0 aliphatic heterocycles. The molecule has 0 spiro atoms. The van der Waals surface area contributed by atoms with Gasteiger partial charge in [-0.3, -0.25) is 14.9 Å². The third-order valence-corrected chi connectivity index (χ3v) is 4.29. The quantitative estimate of drug-likeness (QED) is 0.336. The normalized spacial score (nSPS) is 10.3. The molecule has 0 aliphatic carbocycles. The maximum atomic E-state index is 12.1. The Kier molecular flexibility index (Phi) is 6.33. The number of esters is 1. The summed E-state index contributed by atoms with van der Waals surface area (Å²) in [4.78, 5) is 34.7. The van der Waals surface area contributed by atoms with E-state index in [1.165, 1.54) is 31.4 Å². The number of benzene rings is 2. The molecule has 0 bridgehead atoms. The summed E-state index contributed by atoms with van der Waals surface area (Å²) in [6.07, 6.45) is 0. The van der Waals surface area contributed by atoms with Crippen LogP contribution in [0.4, 0.5) is 11.4 Å². The highest BCUT2D eigenvalue weighted by molar-refractivity contribution is 6.33. The SMILES string of the molecule is COc1ccc(NC(=O)COC(=O)c2ccc(-c3ccccc3Cl)o2)c([N+](=O)[O-])c1. The van der Waals surface area contributed by atoms with Crippen molar-refractivity contribution in [2.24, 2.45) is 0 Å². The third kappa shape index (κ3) is 4.76. The second-order valence-electron chi connectivity index (χ2n) is 5.91. The lowest BCUT2D eigenvalue weighted by atomic mass is 10.2. The number of nitrogens with one attached hydrogen (secondary N) is 1. The molecule has 3 aromatic rings. The minimum atomic E-state index is -0.868. The van der Waals surface area contributed by atoms with Gasteiger partial charge >= 0.3 is 5.97 Å². The fraction of sp³-hybridized carbons (Fsp3) is 0.100. The number of nitrogens with zero attached hydrogens (tertiary/aromatic N) is 1. The molecule has 9 nitrogen and oxygen atoms in total. The Balaban J connectivity index is 1.62. The Labute approximate surface area is 175 Å². The van der Waals surface area contributed by atoms with Crippen molar-refractivity contribution in [2.75, 3.05) is 19.0 Å². The van der Waals surface area contributed by atoms with Gasteiger partial charge in [0.05, 0.1) is 23.1 Å². The number of nitro benzene ring substituents is 1. The van der Waals surface area contributed by atoms with Crippen LogP contribution in [0.2, 0.25) is 5.02 Å². The Morgan fingerprint density at radius 2 is 1.93 bits per heavy atom. The standard InChI is InChI=1S/C20H15ClN2O7/c1-28-12-6-7-15(16(10-12)23(26)27)22-19(24)11-29-20(25)18-9-8-17(30-18)13-4-2-3-5-14(13)21/h2-10H,11H2,1H3,(H,22,24). The van der Waals surface area contributed by atoms with Gasteiger partial charge in [0, 0.05) is 5.56 Å². The van der Waals surface area contributed by atoms with Crippen molar-refractivity contribution in [1.29, 1.82) is 0 Å². The zero-order chi connectivity index (χ0) is 21.7. The molecule has 0 saturated carbocycles. The Hall–Kier alpha value is -3.85. The fourth-order valence-electron chi connectivity index (χ4n) is 2.54. The molecule has 0 unspecified atom stereocenters. The number of hydrogen-bond acceptors (Lipinski definition) is 7. The van der Waals surface area contributed by atoms with Crippen molar-refractivity contribution in [1.82, 2.24) is 0 Å². The maximum Gasteiger partial charge on any atom is 0.374 e. The molecule has 1 heterocycles. The number of hydrogen-bond donors (Lipinski definition) is 1. The van der Waals surface area contributed by atoms with E-state index in [1.807, 2.05) is 0 Å². The molecule has 1 aromatic heterocycles. The van der Waals surface area contributed by atoms with Gasteiger partial charge in [0.15, 0.2) is 6.61 Å². The van der Waals surface area contributed by atoms with Crippen LogP contribution in [0.1, 0.15) is 10.6 Å². The van der Waals surface area contributed by atoms with Gasteiger partial charge in [0.1, 0.15) is 17.2 Å². The van der Waals surface area contributed by atoms with Crippen molar-refractivity contribution in [2.45, 2.75) is 0 Å². The molecule has 30 heavy (non-hydrogen) atoms. The molecule has 10 heteroatoms. The fourth-order valence-corrected chi connectivity index (χ4v) is 2.77. The van der Waals surface area contributed by atoms with E-state index in [0.717, 1.165) is 0 Å². The minimum Gasteiger partial charge on any atom is -0.496 e. The first-order chi connectivity index (χ1) is 14.4. The first kappa shape index (κ1) is 20.9. The lowest BCUT2D eigenvalue weighted by Gasteiger charge is -2.08. The number of carbonyl (C=O) groups excluding carboxylic acids is 2. The Morgan fingerprint density at radius 3 is 2.63 bits per heavy atom. The summed E-state index contributed by atoms with van der Waals surface area (Å²) < 4.78 is 15.3. The average molecular weight is 431 g/mol. The zero-order valence-electron chi connectivity index (χ0n) is 15.6. The smallest absolute Gasteiger partial charge is 0.374 e. The Morgan fingerprint density at radius 1 is 1.17 bits per heavy atom. The van der Waals surface area contributed by atoms with Crippen LogP contribution in [0.15, 0.2) is 59.0 Å². The van der Waals surface area contributed by atoms with E-state index in [4.69, 9.17) is 25.5 Å². The summed E-state index contributed by atoms with van der Waals surface area (Å²) in [5.74, 6) is -1.11. The van der Waals surface area contributed by atoms with E-state index in [-0.39, 0.29) is 22.9 Å². The van der Waals surface area contributed by atoms with E-state index in [1.54, 1.807) is 30.3 Å². The van der Waals surface area contributed by atoms with Crippen LogP contribution >= 0.6 is 11.6 Å². The third-order valence-electron chi connectivity index (χ3n) is 3.96. The number of amides is 1. The first-order valence-corrected chi connectivity index (χ1v) is 8.91. The van der Waals surface area contributed by atoms with Gasteiger partial charge in [-0.15, -0.1) is 0 Å². The molecular formula is C20H15ClN2O7. The summed E-state index contributed by atoms with van der Waals surface area (Å²) >= 11 is 6.10. The van der Waals surface area contributed by atoms with Gasteiger partial charge in [0.25, 0.3) is 11.6 Å². The number of methoxy groups -OCH3 is 1. The van der Waals surface area contributed by atoms with Crippen LogP contribution in [0.3, 0.4) is 0 Å². The molecule has 3 rings (SSSR count). The number of halogens is 1. The first-order valence-electron chi connectivity index (χ1n) is 8.53. The average Bonchev–Trinajstić information content (AvgIpc) is 3.22. The molecule has 2 aromatic carbocycles. The van der Waals surface area contributed by atoms with Gasteiger partial charge in [0.2, 0.25) is 5.76 Å². The van der Waals surface area contributed by atoms with E-state index in [9.17, 15) is 19.7 Å². The molecule has 0 aliphatic rings. The van der Waals surface area contributed by atoms with Crippen molar-refractivity contribution in [3.8, 4) is 17.1 Å². The highest BCUT2D eigenvalue weighted by atomic mass is 35.5. The van der Waals surface area contributed by atoms with Gasteiger partial charge in [-0.05, 0) is 36.4 Å². The van der Waals surface area contributed by atoms with Gasteiger partial charge in [-0.25, -0.2) is 4.79 Å². The van der Waals surface area contributed by atoms with Crippen LogP contribution in [-0.4, -0.2) is 30.5 Å². The number of ether oxygens (including phenoxy) is 2. The molecule has 1 amide bonds. The molecule has 0 saturated heterocycles. The predicted octanol–water partition coefficient (Wildman–Crippen LogP) is 4.31. The monoisotopic (exact) mass is 430 g/mol. The van der Waals surface area contributed by atoms with Gasteiger partial charge in [-0.2, -0.15) is 0 Å². The molecule has 0 atom stereocenters. The van der Waals surface area contributed by atoms with Crippen molar-refractivity contribution < 1.29 is 28.4 Å². The molecular weight excluding hydrogens is 416 g/mol. The summed E-state index contributed by atoms with van der Waals surface area (Å²) in [7, 11) is 1.36. The van der Waals surface area contributed by atoms with Crippen LogP contribution in [-0.2, 0) is 9.53 Å². The maximum absolute atomic E-state index is 12.1. The number of anilines is 1. The van der Waals surface area contributed by atoms with Crippen molar-refractivity contribution >= 4 is 34.9 Å². The minimum absolute atomic E-state index is 0.0548. The van der Waals surface area contributed by atoms with Crippen molar-refractivity contribution in [3.05, 3.63) is 75.5 Å². The Bertz CT molecular complexity index is 1110. The lowest BCUT2D eigenvalue weighted by molar-refractivity contribution is -0.384. The van der Waals surface area contributed by atoms with Crippen LogP contribution < -0.4 is 10.1 Å². The van der Waals surface area contributed by atoms with Gasteiger partial charge < -0.3 is 19.2 Å². The molecule has 0 radical (unpaired) electrons. The second kappa shape index (κ2) is 9.10. The summed E-state index contributed by atoms with van der Waals surface area (Å²) in [6, 6.07) is 13.8. The van der Waals surface area contributed by atoms with E-state index >= 15 is 0 Å². The van der Waals surface area contributed by atoms with Crippen LogP contribution in [0.5, 0.6) is 5.75 Å². The van der Waals surface area contributed by atoms with Crippen LogP contribution in [0, 0.1) is 10.1 Å². The van der Waals surface area contributed by atoms with Gasteiger partial charge in [-0.1, -0.05) is 23.7 Å². The zero-order valence-corrected chi connectivity index (χ0v) is 16.3. The van der Waals surface area contributed by atoms with Crippen LogP contribution in [0.25, 0.3) is 11.3 Å². The number of nitro groups is 1. The number of rotatable bonds is 7. The van der Waals surface area contributed by atoms with E-state index < -0.39 is 23.4 Å². The van der Waals surface area contributed by atoms with E-state index in [2.05, 4.69) is 5.32 Å². The van der Waals surface area contributed by atoms with E-state index in [0.29, 0.717) is 16.3 Å². The summed E-state index contributed by atoms with van der Waals surface area (Å²) in [5.41, 5.74) is 0.188. The largest absolute Gasteiger partial charge is 0.496 e. The van der Waals surface area contributed by atoms with Crippen molar-refractivity contribution in [3.63, 3.8) is 0 Å². The molecule has 154 valence electrons. The highest BCUT2D eigenvalue weighted by Crippen LogP contribution is 2.30. The number of furan rings is 1.